The fraction of sp³-hybridized carbons (Fsp3) is 0.647. The molecular weight excluding hydrogens is 312 g/mol. The van der Waals surface area contributed by atoms with Crippen LogP contribution in [0.3, 0.4) is 0 Å². The Hall–Kier alpha value is -1.24. The highest BCUT2D eigenvalue weighted by Gasteiger charge is 2.60. The van der Waals surface area contributed by atoms with Gasteiger partial charge in [0.15, 0.2) is 14.1 Å². The lowest BCUT2D eigenvalue weighted by atomic mass is 9.74. The molecule has 0 aromatic rings. The monoisotopic (exact) mass is 338 g/mol. The van der Waals surface area contributed by atoms with Gasteiger partial charge in [-0.25, -0.2) is 4.79 Å². The molecule has 0 bridgehead atoms. The fourth-order valence-electron chi connectivity index (χ4n) is 3.62. The maximum absolute atomic E-state index is 12.8. The summed E-state index contributed by atoms with van der Waals surface area (Å²) in [5.74, 6) is -1.51. The molecule has 2 atom stereocenters. The van der Waals surface area contributed by atoms with Gasteiger partial charge in [0, 0.05) is 19.1 Å². The molecule has 2 rings (SSSR count). The molecule has 2 aliphatic rings. The quantitative estimate of drug-likeness (QED) is 0.341. The van der Waals surface area contributed by atoms with Gasteiger partial charge in [-0.1, -0.05) is 6.08 Å². The predicted molar refractivity (Wildman–Crippen MR) is 89.3 cm³/mol. The molecule has 5 nitrogen and oxygen atoms in total. The number of methoxy groups -OCH3 is 2. The second-order valence-corrected chi connectivity index (χ2v) is 11.6. The van der Waals surface area contributed by atoms with Crippen LogP contribution in [0.1, 0.15) is 26.2 Å². The van der Waals surface area contributed by atoms with Crippen molar-refractivity contribution in [3.05, 3.63) is 23.3 Å². The van der Waals surface area contributed by atoms with E-state index in [1.165, 1.54) is 7.11 Å². The Bertz CT molecular complexity index is 586. The molecule has 128 valence electrons. The number of carbonyl (C=O) groups excluding carboxylic acids is 2. The number of hydrogen-bond acceptors (Lipinski definition) is 5. The van der Waals surface area contributed by atoms with Crippen molar-refractivity contribution < 1.29 is 23.5 Å². The van der Waals surface area contributed by atoms with E-state index in [2.05, 4.69) is 19.6 Å². The van der Waals surface area contributed by atoms with Crippen molar-refractivity contribution >= 4 is 20.1 Å². The molecule has 1 fully saturated rings. The second-order valence-electron chi connectivity index (χ2n) is 7.19. The van der Waals surface area contributed by atoms with Crippen molar-refractivity contribution in [1.82, 2.24) is 0 Å². The maximum atomic E-state index is 12.8. The average molecular weight is 338 g/mol. The third-order valence-electron chi connectivity index (χ3n) is 4.68. The zero-order valence-electron chi connectivity index (χ0n) is 14.8. The standard InChI is InChI=1S/C17H26O5Si/c1-16-13(9-10-14(16)18)12(15(19)20-2)8-7-11-17(16,21-3)22-23(4,5)6/h7,11H,8-10H2,1-6H3/t16-,17?/m0/s1. The largest absolute Gasteiger partial charge is 0.466 e. The molecule has 0 aromatic heterocycles. The molecule has 0 N–H and O–H groups in total. The highest BCUT2D eigenvalue weighted by molar-refractivity contribution is 6.69. The van der Waals surface area contributed by atoms with Crippen molar-refractivity contribution in [3.63, 3.8) is 0 Å². The number of fused-ring (bicyclic) bond motifs is 1. The van der Waals surface area contributed by atoms with Gasteiger partial charge < -0.3 is 13.9 Å². The van der Waals surface area contributed by atoms with Gasteiger partial charge in [0.1, 0.15) is 11.2 Å². The summed E-state index contributed by atoms with van der Waals surface area (Å²) in [6.45, 7) is 8.00. The van der Waals surface area contributed by atoms with Crippen molar-refractivity contribution in [2.45, 2.75) is 51.6 Å². The van der Waals surface area contributed by atoms with Crippen molar-refractivity contribution in [1.29, 1.82) is 0 Å². The first-order chi connectivity index (χ1) is 10.6. The molecule has 23 heavy (non-hydrogen) atoms. The molecule has 0 heterocycles. The van der Waals surface area contributed by atoms with Crippen LogP contribution < -0.4 is 0 Å². The summed E-state index contributed by atoms with van der Waals surface area (Å²) in [6, 6.07) is 0. The fourth-order valence-corrected chi connectivity index (χ4v) is 4.89. The minimum Gasteiger partial charge on any atom is -0.466 e. The van der Waals surface area contributed by atoms with Crippen LogP contribution in [0.5, 0.6) is 0 Å². The van der Waals surface area contributed by atoms with Crippen LogP contribution in [0.15, 0.2) is 23.3 Å². The Morgan fingerprint density at radius 3 is 2.39 bits per heavy atom. The zero-order chi connectivity index (χ0) is 17.5. The predicted octanol–water partition coefficient (Wildman–Crippen LogP) is 2.98. The summed E-state index contributed by atoms with van der Waals surface area (Å²) in [7, 11) is 0.898. The molecule has 2 aliphatic carbocycles. The minimum atomic E-state index is -2.02. The molecule has 1 unspecified atom stereocenters. The number of carbonyl (C=O) groups is 2. The summed E-state index contributed by atoms with van der Waals surface area (Å²) < 4.78 is 17.1. The first-order valence-corrected chi connectivity index (χ1v) is 11.3. The lowest BCUT2D eigenvalue weighted by Crippen LogP contribution is -2.56. The van der Waals surface area contributed by atoms with Gasteiger partial charge in [-0.05, 0) is 51.1 Å². The van der Waals surface area contributed by atoms with E-state index < -0.39 is 19.5 Å². The molecule has 1 saturated carbocycles. The first-order valence-electron chi connectivity index (χ1n) is 7.88. The third-order valence-corrected chi connectivity index (χ3v) is 5.59. The van der Waals surface area contributed by atoms with Crippen molar-refractivity contribution in [2.75, 3.05) is 14.2 Å². The molecule has 0 radical (unpaired) electrons. The van der Waals surface area contributed by atoms with E-state index in [0.717, 1.165) is 5.57 Å². The van der Waals surface area contributed by atoms with E-state index in [0.29, 0.717) is 24.8 Å². The van der Waals surface area contributed by atoms with Crippen molar-refractivity contribution in [3.8, 4) is 0 Å². The number of hydrogen-bond donors (Lipinski definition) is 0. The third kappa shape index (κ3) is 2.83. The number of Topliss-reactive ketones (excluding diaryl/α,β-unsaturated/α-hetero) is 1. The van der Waals surface area contributed by atoms with Crippen molar-refractivity contribution in [2.24, 2.45) is 5.41 Å². The van der Waals surface area contributed by atoms with Gasteiger partial charge in [0.05, 0.1) is 7.11 Å². The van der Waals surface area contributed by atoms with Crippen LogP contribution in [-0.4, -0.2) is 40.1 Å². The van der Waals surface area contributed by atoms with Gasteiger partial charge in [-0.2, -0.15) is 0 Å². The van der Waals surface area contributed by atoms with Gasteiger partial charge in [0.25, 0.3) is 0 Å². The summed E-state index contributed by atoms with van der Waals surface area (Å²) in [6.07, 6.45) is 5.01. The summed E-state index contributed by atoms with van der Waals surface area (Å²) in [5.41, 5.74) is 0.341. The van der Waals surface area contributed by atoms with Crippen LogP contribution in [-0.2, 0) is 23.5 Å². The number of allylic oxidation sites excluding steroid dienone is 1. The zero-order valence-corrected chi connectivity index (χ0v) is 15.8. The summed E-state index contributed by atoms with van der Waals surface area (Å²) in [4.78, 5) is 25.0. The first kappa shape index (κ1) is 18.1. The average Bonchev–Trinajstić information content (AvgIpc) is 2.71. The summed E-state index contributed by atoms with van der Waals surface area (Å²) in [5, 5.41) is 0. The molecule has 0 amide bonds. The Labute approximate surface area is 138 Å². The minimum absolute atomic E-state index is 0.0422. The molecule has 6 heteroatoms. The number of ether oxygens (including phenoxy) is 2. The van der Waals surface area contributed by atoms with Crippen LogP contribution in [0.4, 0.5) is 0 Å². The van der Waals surface area contributed by atoms with E-state index in [-0.39, 0.29) is 11.8 Å². The Balaban J connectivity index is 2.69. The van der Waals surface area contributed by atoms with Crippen LogP contribution in [0.25, 0.3) is 0 Å². The van der Waals surface area contributed by atoms with E-state index in [4.69, 9.17) is 13.9 Å². The molecule has 0 aromatic carbocycles. The number of ketones is 1. The SMILES string of the molecule is COC(=O)C1=C2CCC(=O)[C@@]2(C)C(OC)(O[Si](C)(C)C)C=CC1. The Morgan fingerprint density at radius 1 is 1.22 bits per heavy atom. The van der Waals surface area contributed by atoms with Gasteiger partial charge in [0.2, 0.25) is 0 Å². The smallest absolute Gasteiger partial charge is 0.334 e. The van der Waals surface area contributed by atoms with Crippen LogP contribution in [0, 0.1) is 5.41 Å². The van der Waals surface area contributed by atoms with E-state index in [1.54, 1.807) is 7.11 Å². The number of esters is 1. The highest BCUT2D eigenvalue weighted by Crippen LogP contribution is 2.54. The Morgan fingerprint density at radius 2 is 1.87 bits per heavy atom. The topological polar surface area (TPSA) is 61.8 Å². The normalized spacial score (nSPS) is 31.1. The van der Waals surface area contributed by atoms with E-state index in [9.17, 15) is 9.59 Å². The maximum Gasteiger partial charge on any atom is 0.334 e. The van der Waals surface area contributed by atoms with Crippen LogP contribution in [0.2, 0.25) is 19.6 Å². The lowest BCUT2D eigenvalue weighted by Gasteiger charge is -2.46. The van der Waals surface area contributed by atoms with Gasteiger partial charge in [-0.3, -0.25) is 4.79 Å². The molecule has 0 aliphatic heterocycles. The molecular formula is C17H26O5Si. The second kappa shape index (κ2) is 6.00. The van der Waals surface area contributed by atoms with Crippen LogP contribution >= 0.6 is 0 Å². The molecule has 0 saturated heterocycles. The van der Waals surface area contributed by atoms with Gasteiger partial charge in [-0.15, -0.1) is 0 Å². The lowest BCUT2D eigenvalue weighted by molar-refractivity contribution is -0.194. The van der Waals surface area contributed by atoms with E-state index in [1.807, 2.05) is 19.1 Å². The highest BCUT2D eigenvalue weighted by atomic mass is 28.4. The number of rotatable bonds is 4. The molecule has 0 spiro atoms. The summed E-state index contributed by atoms with van der Waals surface area (Å²) >= 11 is 0. The Kier molecular flexibility index (Phi) is 4.72. The van der Waals surface area contributed by atoms with E-state index >= 15 is 0 Å². The van der Waals surface area contributed by atoms with Gasteiger partial charge >= 0.3 is 5.97 Å².